The zero-order valence-corrected chi connectivity index (χ0v) is 5.98. The molecule has 0 aliphatic heterocycles. The lowest BCUT2D eigenvalue weighted by Gasteiger charge is -2.09. The van der Waals surface area contributed by atoms with Gasteiger partial charge in [-0.2, -0.15) is 0 Å². The molecule has 0 heterocycles. The van der Waals surface area contributed by atoms with E-state index in [1.54, 1.807) is 7.11 Å². The highest BCUT2D eigenvalue weighted by Gasteiger charge is 2.01. The average molecular weight is 124 g/mol. The van der Waals surface area contributed by atoms with Gasteiger partial charge in [0.2, 0.25) is 0 Å². The van der Waals surface area contributed by atoms with E-state index in [9.17, 15) is 0 Å². The van der Waals surface area contributed by atoms with E-state index in [1.807, 2.05) is 0 Å². The van der Waals surface area contributed by atoms with Gasteiger partial charge >= 0.3 is 0 Å². The van der Waals surface area contributed by atoms with E-state index in [2.05, 4.69) is 19.1 Å². The Morgan fingerprint density at radius 1 is 1.33 bits per heavy atom. The fraction of sp³-hybridized carbons (Fsp3) is 0.500. The molecule has 50 valence electrons. The molecule has 0 saturated carbocycles. The quantitative estimate of drug-likeness (QED) is 0.521. The van der Waals surface area contributed by atoms with Gasteiger partial charge in [0.05, 0.1) is 7.11 Å². The maximum atomic E-state index is 5.10. The Balaban J connectivity index is 2.68. The molecular weight excluding hydrogens is 112 g/mol. The van der Waals surface area contributed by atoms with Crippen molar-refractivity contribution < 1.29 is 4.74 Å². The van der Waals surface area contributed by atoms with E-state index in [0.717, 1.165) is 12.2 Å². The van der Waals surface area contributed by atoms with Crippen LogP contribution in [0.1, 0.15) is 19.8 Å². The van der Waals surface area contributed by atoms with Gasteiger partial charge in [-0.3, -0.25) is 0 Å². The third-order valence-electron chi connectivity index (χ3n) is 1.56. The predicted molar refractivity (Wildman–Crippen MR) is 38.1 cm³/mol. The molecule has 0 unspecified atom stereocenters. The van der Waals surface area contributed by atoms with Crippen molar-refractivity contribution in [2.24, 2.45) is 0 Å². The molecule has 0 spiro atoms. The van der Waals surface area contributed by atoms with Crippen molar-refractivity contribution in [2.45, 2.75) is 19.8 Å². The van der Waals surface area contributed by atoms with Crippen LogP contribution in [-0.4, -0.2) is 7.11 Å². The fourth-order valence-electron chi connectivity index (χ4n) is 1.02. The van der Waals surface area contributed by atoms with Crippen molar-refractivity contribution in [1.29, 1.82) is 0 Å². The first-order chi connectivity index (χ1) is 4.34. The van der Waals surface area contributed by atoms with Crippen molar-refractivity contribution in [3.63, 3.8) is 0 Å². The average Bonchev–Trinajstić information content (AvgIpc) is 1.89. The summed E-state index contributed by atoms with van der Waals surface area (Å²) in [6.45, 7) is 2.08. The SMILES string of the molecule is COC1=CCCC=C1C. The Hall–Kier alpha value is -0.720. The molecule has 1 aliphatic carbocycles. The molecule has 1 nitrogen and oxygen atoms in total. The van der Waals surface area contributed by atoms with E-state index in [0.29, 0.717) is 0 Å². The van der Waals surface area contributed by atoms with E-state index in [4.69, 9.17) is 4.74 Å². The highest BCUT2D eigenvalue weighted by atomic mass is 16.5. The first kappa shape index (κ1) is 6.40. The number of methoxy groups -OCH3 is 1. The molecule has 1 rings (SSSR count). The molecule has 0 bridgehead atoms. The topological polar surface area (TPSA) is 9.23 Å². The summed E-state index contributed by atoms with van der Waals surface area (Å²) in [5.74, 6) is 1.04. The van der Waals surface area contributed by atoms with Crippen LogP contribution in [0.25, 0.3) is 0 Å². The Labute approximate surface area is 56.0 Å². The van der Waals surface area contributed by atoms with Crippen LogP contribution in [0.3, 0.4) is 0 Å². The molecule has 1 aliphatic rings. The second-order valence-electron chi connectivity index (χ2n) is 2.24. The van der Waals surface area contributed by atoms with Crippen LogP contribution in [-0.2, 0) is 4.74 Å². The van der Waals surface area contributed by atoms with E-state index in [1.165, 1.54) is 12.0 Å². The third kappa shape index (κ3) is 1.35. The molecule has 0 radical (unpaired) electrons. The summed E-state index contributed by atoms with van der Waals surface area (Å²) in [5, 5.41) is 0. The molecule has 0 aromatic rings. The van der Waals surface area contributed by atoms with Crippen LogP contribution in [0.2, 0.25) is 0 Å². The van der Waals surface area contributed by atoms with Crippen molar-refractivity contribution in [1.82, 2.24) is 0 Å². The summed E-state index contributed by atoms with van der Waals surface area (Å²) in [6.07, 6.45) is 6.63. The molecule has 0 amide bonds. The van der Waals surface area contributed by atoms with Crippen LogP contribution < -0.4 is 0 Å². The number of hydrogen-bond donors (Lipinski definition) is 0. The van der Waals surface area contributed by atoms with Crippen LogP contribution in [0.15, 0.2) is 23.5 Å². The standard InChI is InChI=1S/C8H12O/c1-7-5-3-4-6-8(7)9-2/h5-6H,3-4H2,1-2H3. The fourth-order valence-corrected chi connectivity index (χ4v) is 1.02. The Morgan fingerprint density at radius 2 is 2.00 bits per heavy atom. The van der Waals surface area contributed by atoms with Crippen LogP contribution >= 0.6 is 0 Å². The van der Waals surface area contributed by atoms with Gasteiger partial charge in [-0.1, -0.05) is 6.08 Å². The first-order valence-corrected chi connectivity index (χ1v) is 3.26. The predicted octanol–water partition coefficient (Wildman–Crippen LogP) is 2.26. The summed E-state index contributed by atoms with van der Waals surface area (Å²) in [6, 6.07) is 0. The molecule has 0 saturated heterocycles. The van der Waals surface area contributed by atoms with E-state index < -0.39 is 0 Å². The third-order valence-corrected chi connectivity index (χ3v) is 1.56. The number of allylic oxidation sites excluding steroid dienone is 3. The van der Waals surface area contributed by atoms with Gasteiger partial charge in [0.15, 0.2) is 0 Å². The molecule has 0 aromatic heterocycles. The van der Waals surface area contributed by atoms with Gasteiger partial charge in [-0.25, -0.2) is 0 Å². The van der Waals surface area contributed by atoms with E-state index in [-0.39, 0.29) is 0 Å². The molecular formula is C8H12O. The summed E-state index contributed by atoms with van der Waals surface area (Å²) in [7, 11) is 1.72. The molecule has 0 fully saturated rings. The van der Waals surface area contributed by atoms with Crippen molar-refractivity contribution >= 4 is 0 Å². The van der Waals surface area contributed by atoms with Gasteiger partial charge < -0.3 is 4.74 Å². The minimum absolute atomic E-state index is 1.04. The van der Waals surface area contributed by atoms with Crippen LogP contribution in [0.4, 0.5) is 0 Å². The molecule has 0 atom stereocenters. The monoisotopic (exact) mass is 124 g/mol. The minimum atomic E-state index is 1.04. The Morgan fingerprint density at radius 3 is 2.44 bits per heavy atom. The zero-order chi connectivity index (χ0) is 6.69. The van der Waals surface area contributed by atoms with Crippen LogP contribution in [0, 0.1) is 0 Å². The lowest BCUT2D eigenvalue weighted by atomic mass is 10.1. The van der Waals surface area contributed by atoms with Crippen LogP contribution in [0.5, 0.6) is 0 Å². The summed E-state index contributed by atoms with van der Waals surface area (Å²) >= 11 is 0. The van der Waals surface area contributed by atoms with E-state index >= 15 is 0 Å². The van der Waals surface area contributed by atoms with Gasteiger partial charge in [0, 0.05) is 0 Å². The summed E-state index contributed by atoms with van der Waals surface area (Å²) in [4.78, 5) is 0. The van der Waals surface area contributed by atoms with Crippen molar-refractivity contribution in [3.8, 4) is 0 Å². The molecule has 0 aromatic carbocycles. The maximum Gasteiger partial charge on any atom is 0.117 e. The number of rotatable bonds is 1. The Bertz CT molecular complexity index is 154. The van der Waals surface area contributed by atoms with Gasteiger partial charge in [0.1, 0.15) is 5.76 Å². The largest absolute Gasteiger partial charge is 0.497 e. The lowest BCUT2D eigenvalue weighted by Crippen LogP contribution is -1.92. The number of ether oxygens (including phenoxy) is 1. The molecule has 1 heteroatoms. The van der Waals surface area contributed by atoms with Gasteiger partial charge in [-0.15, -0.1) is 0 Å². The van der Waals surface area contributed by atoms with Crippen molar-refractivity contribution in [3.05, 3.63) is 23.5 Å². The minimum Gasteiger partial charge on any atom is -0.497 e. The lowest BCUT2D eigenvalue weighted by molar-refractivity contribution is 0.297. The summed E-state index contributed by atoms with van der Waals surface area (Å²) < 4.78 is 5.10. The summed E-state index contributed by atoms with van der Waals surface area (Å²) in [5.41, 5.74) is 1.27. The second-order valence-corrected chi connectivity index (χ2v) is 2.24. The smallest absolute Gasteiger partial charge is 0.117 e. The molecule has 0 N–H and O–H groups in total. The van der Waals surface area contributed by atoms with Gasteiger partial charge in [-0.05, 0) is 31.4 Å². The maximum absolute atomic E-state index is 5.10. The second kappa shape index (κ2) is 2.72. The normalized spacial score (nSPS) is 18.4. The van der Waals surface area contributed by atoms with Crippen molar-refractivity contribution in [2.75, 3.05) is 7.11 Å². The Kier molecular flexibility index (Phi) is 1.93. The first-order valence-electron chi connectivity index (χ1n) is 3.26. The van der Waals surface area contributed by atoms with Gasteiger partial charge in [0.25, 0.3) is 0 Å². The highest BCUT2D eigenvalue weighted by Crippen LogP contribution is 2.17. The number of hydrogen-bond acceptors (Lipinski definition) is 1. The zero-order valence-electron chi connectivity index (χ0n) is 5.98. The molecule has 9 heavy (non-hydrogen) atoms. The highest BCUT2D eigenvalue weighted by molar-refractivity contribution is 5.26.